The first-order chi connectivity index (χ1) is 8.69. The van der Waals surface area contributed by atoms with E-state index < -0.39 is 0 Å². The fourth-order valence-electron chi connectivity index (χ4n) is 2.44. The molecule has 0 bridgehead atoms. The van der Waals surface area contributed by atoms with Crippen LogP contribution in [0.2, 0.25) is 0 Å². The Bertz CT molecular complexity index is 356. The Kier molecular flexibility index (Phi) is 6.15. The van der Waals surface area contributed by atoms with Crippen LogP contribution in [0.4, 0.5) is 0 Å². The van der Waals surface area contributed by atoms with Gasteiger partial charge in [0.2, 0.25) is 0 Å². The summed E-state index contributed by atoms with van der Waals surface area (Å²) in [4.78, 5) is 3.99. The summed E-state index contributed by atoms with van der Waals surface area (Å²) in [6.07, 6.45) is 2.71. The van der Waals surface area contributed by atoms with Crippen molar-refractivity contribution in [2.24, 2.45) is 5.92 Å². The summed E-state index contributed by atoms with van der Waals surface area (Å²) in [6.45, 7) is 8.07. The van der Waals surface area contributed by atoms with Crippen LogP contribution in [0.25, 0.3) is 0 Å². The molecule has 1 aliphatic heterocycles. The van der Waals surface area contributed by atoms with Gasteiger partial charge in [0.15, 0.2) is 0 Å². The zero-order valence-electron chi connectivity index (χ0n) is 10.7. The first-order valence-corrected chi connectivity index (χ1v) is 8.96. The highest BCUT2D eigenvalue weighted by Crippen LogP contribution is 2.33. The third-order valence-corrected chi connectivity index (χ3v) is 6.68. The predicted octanol–water partition coefficient (Wildman–Crippen LogP) is 4.09. The summed E-state index contributed by atoms with van der Waals surface area (Å²) in [7, 11) is 0. The van der Waals surface area contributed by atoms with Crippen LogP contribution in [0.15, 0.2) is 14.3 Å². The molecule has 18 heavy (non-hydrogen) atoms. The highest BCUT2D eigenvalue weighted by atomic mass is 79.9. The van der Waals surface area contributed by atoms with Gasteiger partial charge in [0, 0.05) is 22.4 Å². The Morgan fingerprint density at radius 1 is 1.50 bits per heavy atom. The second-order valence-corrected chi connectivity index (χ2v) is 8.18. The molecule has 2 nitrogen and oxygen atoms in total. The molecule has 1 aromatic rings. The average molecular weight is 396 g/mol. The van der Waals surface area contributed by atoms with Crippen molar-refractivity contribution in [2.75, 3.05) is 26.2 Å². The van der Waals surface area contributed by atoms with Gasteiger partial charge in [-0.3, -0.25) is 4.90 Å². The third-order valence-electron chi connectivity index (χ3n) is 3.44. The van der Waals surface area contributed by atoms with Gasteiger partial charge < -0.3 is 5.32 Å². The van der Waals surface area contributed by atoms with E-state index in [0.29, 0.717) is 0 Å². The summed E-state index contributed by atoms with van der Waals surface area (Å²) in [5.41, 5.74) is 0. The molecule has 1 saturated heterocycles. The Balaban J connectivity index is 1.88. The maximum absolute atomic E-state index is 3.57. The van der Waals surface area contributed by atoms with E-state index in [1.165, 1.54) is 45.6 Å². The van der Waals surface area contributed by atoms with Crippen molar-refractivity contribution in [2.45, 2.75) is 26.3 Å². The largest absolute Gasteiger partial charge is 0.316 e. The highest BCUT2D eigenvalue weighted by Gasteiger charge is 2.17. The monoisotopic (exact) mass is 394 g/mol. The molecule has 1 aromatic heterocycles. The van der Waals surface area contributed by atoms with Gasteiger partial charge in [0.05, 0.1) is 3.79 Å². The van der Waals surface area contributed by atoms with Crippen LogP contribution in [0.1, 0.15) is 24.6 Å². The normalized spacial score (nSPS) is 20.6. The van der Waals surface area contributed by atoms with Crippen LogP contribution in [-0.4, -0.2) is 31.1 Å². The summed E-state index contributed by atoms with van der Waals surface area (Å²) in [5, 5.41) is 3.50. The van der Waals surface area contributed by atoms with E-state index in [1.807, 2.05) is 11.3 Å². The van der Waals surface area contributed by atoms with Crippen molar-refractivity contribution in [1.29, 1.82) is 0 Å². The third kappa shape index (κ3) is 4.30. The number of thiophene rings is 1. The molecule has 0 aliphatic carbocycles. The van der Waals surface area contributed by atoms with E-state index in [2.05, 4.69) is 55.1 Å². The van der Waals surface area contributed by atoms with Gasteiger partial charge in [-0.1, -0.05) is 6.92 Å². The standard InChI is InChI=1S/C13H20Br2N2S/c1-2-17(8-10-4-3-5-16-7-10)9-11-6-12(14)13(15)18-11/h6,10,16H,2-5,7-9H2,1H3. The summed E-state index contributed by atoms with van der Waals surface area (Å²) >= 11 is 8.96. The van der Waals surface area contributed by atoms with Crippen molar-refractivity contribution in [3.63, 3.8) is 0 Å². The topological polar surface area (TPSA) is 15.3 Å². The van der Waals surface area contributed by atoms with Crippen LogP contribution in [0.3, 0.4) is 0 Å². The number of halogens is 2. The molecule has 2 heterocycles. The maximum atomic E-state index is 3.57. The number of rotatable bonds is 5. The molecule has 0 radical (unpaired) electrons. The van der Waals surface area contributed by atoms with Crippen molar-refractivity contribution >= 4 is 43.2 Å². The van der Waals surface area contributed by atoms with Crippen LogP contribution in [-0.2, 0) is 6.54 Å². The van der Waals surface area contributed by atoms with Gasteiger partial charge in [0.25, 0.3) is 0 Å². The van der Waals surface area contributed by atoms with Gasteiger partial charge in [0.1, 0.15) is 0 Å². The van der Waals surface area contributed by atoms with Gasteiger partial charge in [-0.15, -0.1) is 11.3 Å². The molecule has 0 amide bonds. The quantitative estimate of drug-likeness (QED) is 0.807. The summed E-state index contributed by atoms with van der Waals surface area (Å²) in [5.74, 6) is 0.825. The van der Waals surface area contributed by atoms with Crippen LogP contribution in [0.5, 0.6) is 0 Å². The average Bonchev–Trinajstić information content (AvgIpc) is 2.69. The minimum atomic E-state index is 0.825. The molecule has 0 spiro atoms. The summed E-state index contributed by atoms with van der Waals surface area (Å²) in [6, 6.07) is 2.23. The van der Waals surface area contributed by atoms with E-state index >= 15 is 0 Å². The minimum Gasteiger partial charge on any atom is -0.316 e. The Morgan fingerprint density at radius 3 is 2.89 bits per heavy atom. The fraction of sp³-hybridized carbons (Fsp3) is 0.692. The number of hydrogen-bond acceptors (Lipinski definition) is 3. The molecule has 1 N–H and O–H groups in total. The van der Waals surface area contributed by atoms with Crippen molar-refractivity contribution < 1.29 is 0 Å². The number of nitrogens with one attached hydrogen (secondary N) is 1. The smallest absolute Gasteiger partial charge is 0.0843 e. The minimum absolute atomic E-state index is 0.825. The Morgan fingerprint density at radius 2 is 2.33 bits per heavy atom. The van der Waals surface area contributed by atoms with Crippen LogP contribution in [0, 0.1) is 5.92 Å². The van der Waals surface area contributed by atoms with Gasteiger partial charge in [-0.05, 0) is 76.3 Å². The van der Waals surface area contributed by atoms with Crippen molar-refractivity contribution in [3.05, 3.63) is 19.2 Å². The molecule has 1 aliphatic rings. The molecule has 0 aromatic carbocycles. The molecular weight excluding hydrogens is 376 g/mol. The molecule has 1 fully saturated rings. The maximum Gasteiger partial charge on any atom is 0.0843 e. The zero-order valence-corrected chi connectivity index (χ0v) is 14.7. The lowest BCUT2D eigenvalue weighted by atomic mass is 9.99. The second-order valence-electron chi connectivity index (χ2n) is 4.87. The fourth-order valence-corrected chi connectivity index (χ4v) is 4.66. The van der Waals surface area contributed by atoms with Crippen molar-refractivity contribution in [1.82, 2.24) is 10.2 Å². The summed E-state index contributed by atoms with van der Waals surface area (Å²) < 4.78 is 2.38. The zero-order chi connectivity index (χ0) is 13.0. The number of nitrogens with zero attached hydrogens (tertiary/aromatic N) is 1. The molecule has 1 unspecified atom stereocenters. The van der Waals surface area contributed by atoms with E-state index in [-0.39, 0.29) is 0 Å². The van der Waals surface area contributed by atoms with Gasteiger partial charge >= 0.3 is 0 Å². The lowest BCUT2D eigenvalue weighted by Crippen LogP contribution is -2.37. The predicted molar refractivity (Wildman–Crippen MR) is 86.3 cm³/mol. The van der Waals surface area contributed by atoms with E-state index in [4.69, 9.17) is 0 Å². The molecular formula is C13H20Br2N2S. The molecule has 2 rings (SSSR count). The molecule has 5 heteroatoms. The first kappa shape index (κ1) is 15.0. The van der Waals surface area contributed by atoms with Crippen molar-refractivity contribution in [3.8, 4) is 0 Å². The Labute approximate surface area is 130 Å². The first-order valence-electron chi connectivity index (χ1n) is 6.55. The molecule has 0 saturated carbocycles. The number of piperidine rings is 1. The van der Waals surface area contributed by atoms with Crippen LogP contribution < -0.4 is 5.32 Å². The molecule has 1 atom stereocenters. The highest BCUT2D eigenvalue weighted by molar-refractivity contribution is 9.13. The van der Waals surface area contributed by atoms with E-state index in [1.54, 1.807) is 0 Å². The SMILES string of the molecule is CCN(Cc1cc(Br)c(Br)s1)CC1CCCNC1. The second kappa shape index (κ2) is 7.39. The number of hydrogen-bond donors (Lipinski definition) is 1. The van der Waals surface area contributed by atoms with Gasteiger partial charge in [-0.25, -0.2) is 0 Å². The Hall–Kier alpha value is 0.580. The lowest BCUT2D eigenvalue weighted by molar-refractivity contribution is 0.211. The van der Waals surface area contributed by atoms with E-state index in [0.717, 1.165) is 19.0 Å². The lowest BCUT2D eigenvalue weighted by Gasteiger charge is -2.29. The van der Waals surface area contributed by atoms with E-state index in [9.17, 15) is 0 Å². The molecule has 102 valence electrons. The van der Waals surface area contributed by atoms with Crippen LogP contribution >= 0.6 is 43.2 Å². The van der Waals surface area contributed by atoms with Gasteiger partial charge in [-0.2, -0.15) is 0 Å².